The zero-order valence-electron chi connectivity index (χ0n) is 24.1. The first-order chi connectivity index (χ1) is 21.1. The number of hydrogen-bond donors (Lipinski definition) is 0. The highest BCUT2D eigenvalue weighted by molar-refractivity contribution is 7.26. The van der Waals surface area contributed by atoms with Crippen LogP contribution in [0, 0.1) is 0 Å². The van der Waals surface area contributed by atoms with Crippen LogP contribution in [0.15, 0.2) is 140 Å². The van der Waals surface area contributed by atoms with Crippen LogP contribution in [0.3, 0.4) is 0 Å². The van der Waals surface area contributed by atoms with E-state index in [1.54, 1.807) is 0 Å². The molecule has 0 amide bonds. The van der Waals surface area contributed by atoms with Crippen molar-refractivity contribution in [3.63, 3.8) is 0 Å². The van der Waals surface area contributed by atoms with Gasteiger partial charge in [-0.25, -0.2) is 0 Å². The Bertz CT molecular complexity index is 2380. The smallest absolute Gasteiger partial charge is 0.0508 e. The Kier molecular flexibility index (Phi) is 5.18. The molecule has 9 rings (SSSR count). The average Bonchev–Trinajstić information content (AvgIpc) is 3.54. The largest absolute Gasteiger partial charge is 0.310 e. The van der Waals surface area contributed by atoms with Gasteiger partial charge in [0.05, 0.1) is 5.69 Å². The van der Waals surface area contributed by atoms with Gasteiger partial charge in [-0.3, -0.25) is 0 Å². The van der Waals surface area contributed by atoms with Crippen LogP contribution in [0.2, 0.25) is 0 Å². The molecule has 0 saturated heterocycles. The lowest BCUT2D eigenvalue weighted by Crippen LogP contribution is -2.20. The monoisotopic (exact) mass is 567 g/mol. The first kappa shape index (κ1) is 24.7. The van der Waals surface area contributed by atoms with E-state index in [1.165, 1.54) is 75.3 Å². The molecule has 1 nitrogen and oxygen atoms in total. The fourth-order valence-corrected chi connectivity index (χ4v) is 8.73. The summed E-state index contributed by atoms with van der Waals surface area (Å²) in [5, 5.41) is 7.86. The Balaban J connectivity index is 1.35. The van der Waals surface area contributed by atoms with Crippen molar-refractivity contribution < 1.29 is 0 Å². The van der Waals surface area contributed by atoms with E-state index in [9.17, 15) is 0 Å². The topological polar surface area (TPSA) is 3.24 Å². The Morgan fingerprint density at radius 1 is 0.535 bits per heavy atom. The van der Waals surface area contributed by atoms with Crippen molar-refractivity contribution in [3.05, 3.63) is 151 Å². The molecule has 0 fully saturated rings. The molecule has 204 valence electrons. The summed E-state index contributed by atoms with van der Waals surface area (Å²) in [6.45, 7) is 4.74. The summed E-state index contributed by atoms with van der Waals surface area (Å²) in [6, 6.07) is 51.5. The van der Waals surface area contributed by atoms with Crippen molar-refractivity contribution in [2.75, 3.05) is 4.90 Å². The van der Waals surface area contributed by atoms with Gasteiger partial charge in [-0.05, 0) is 74.8 Å². The van der Waals surface area contributed by atoms with Gasteiger partial charge >= 0.3 is 0 Å². The van der Waals surface area contributed by atoms with Crippen molar-refractivity contribution in [2.45, 2.75) is 19.3 Å². The zero-order chi connectivity index (χ0) is 28.7. The number of rotatable bonds is 3. The molecule has 0 saturated carbocycles. The van der Waals surface area contributed by atoms with Gasteiger partial charge in [0.15, 0.2) is 0 Å². The number of nitrogens with zero attached hydrogens (tertiary/aromatic N) is 1. The Labute approximate surface area is 255 Å². The fourth-order valence-electron chi connectivity index (χ4n) is 7.46. The first-order valence-electron chi connectivity index (χ1n) is 14.9. The second-order valence-electron chi connectivity index (χ2n) is 12.2. The second-order valence-corrected chi connectivity index (χ2v) is 13.2. The molecule has 43 heavy (non-hydrogen) atoms. The molecule has 0 radical (unpaired) electrons. The number of para-hydroxylation sites is 1. The van der Waals surface area contributed by atoms with E-state index < -0.39 is 0 Å². The lowest BCUT2D eigenvalue weighted by atomic mass is 9.81. The molecule has 8 aromatic rings. The van der Waals surface area contributed by atoms with Gasteiger partial charge in [0.1, 0.15) is 0 Å². The van der Waals surface area contributed by atoms with Crippen molar-refractivity contribution in [1.82, 2.24) is 0 Å². The van der Waals surface area contributed by atoms with Crippen LogP contribution >= 0.6 is 11.3 Å². The van der Waals surface area contributed by atoms with E-state index in [0.717, 1.165) is 5.69 Å². The van der Waals surface area contributed by atoms with Crippen LogP contribution in [-0.2, 0) is 5.41 Å². The van der Waals surface area contributed by atoms with E-state index in [1.807, 2.05) is 11.3 Å². The van der Waals surface area contributed by atoms with Crippen LogP contribution in [0.25, 0.3) is 52.8 Å². The zero-order valence-corrected chi connectivity index (χ0v) is 25.0. The molecule has 1 aliphatic carbocycles. The third-order valence-corrected chi connectivity index (χ3v) is 10.6. The Hall–Kier alpha value is -4.92. The summed E-state index contributed by atoms with van der Waals surface area (Å²) in [5.74, 6) is 0. The molecule has 1 aromatic heterocycles. The number of anilines is 3. The van der Waals surface area contributed by atoms with Gasteiger partial charge < -0.3 is 4.90 Å². The summed E-state index contributed by atoms with van der Waals surface area (Å²) in [6.07, 6.45) is 0. The molecule has 0 bridgehead atoms. The molecule has 0 spiro atoms. The predicted octanol–water partition coefficient (Wildman–Crippen LogP) is 12.1. The van der Waals surface area contributed by atoms with Gasteiger partial charge in [-0.15, -0.1) is 11.3 Å². The van der Waals surface area contributed by atoms with Gasteiger partial charge in [-0.2, -0.15) is 0 Å². The highest BCUT2D eigenvalue weighted by atomic mass is 32.1. The third-order valence-electron chi connectivity index (χ3n) is 9.40. The molecule has 7 aromatic carbocycles. The molecule has 1 aliphatic rings. The van der Waals surface area contributed by atoms with Crippen LogP contribution in [0.5, 0.6) is 0 Å². The first-order valence-corrected chi connectivity index (χ1v) is 15.8. The maximum Gasteiger partial charge on any atom is 0.0508 e. The summed E-state index contributed by atoms with van der Waals surface area (Å²) >= 11 is 1.91. The number of benzene rings is 7. The minimum absolute atomic E-state index is 0.123. The highest BCUT2D eigenvalue weighted by Crippen LogP contribution is 2.54. The van der Waals surface area contributed by atoms with Crippen molar-refractivity contribution in [3.8, 4) is 11.1 Å². The summed E-state index contributed by atoms with van der Waals surface area (Å²) in [5.41, 5.74) is 8.89. The normalized spacial score (nSPS) is 13.5. The molecule has 0 aliphatic heterocycles. The van der Waals surface area contributed by atoms with Crippen LogP contribution in [-0.4, -0.2) is 0 Å². The van der Waals surface area contributed by atoms with E-state index in [0.29, 0.717) is 0 Å². The molecule has 2 heteroatoms. The molecule has 0 unspecified atom stereocenters. The number of fused-ring (bicyclic) bond motifs is 10. The van der Waals surface area contributed by atoms with Crippen molar-refractivity contribution >= 4 is 70.1 Å². The number of thiophene rings is 1. The quantitative estimate of drug-likeness (QED) is 0.192. The second kappa shape index (κ2) is 9.04. The molecule has 1 heterocycles. The molecular formula is C41H29NS. The Morgan fingerprint density at radius 2 is 1.26 bits per heavy atom. The van der Waals surface area contributed by atoms with Crippen LogP contribution < -0.4 is 4.90 Å². The Morgan fingerprint density at radius 3 is 2.16 bits per heavy atom. The van der Waals surface area contributed by atoms with Crippen LogP contribution in [0.4, 0.5) is 17.1 Å². The van der Waals surface area contributed by atoms with E-state index in [2.05, 4.69) is 158 Å². The summed E-state index contributed by atoms with van der Waals surface area (Å²) in [4.78, 5) is 2.47. The van der Waals surface area contributed by atoms with Crippen LogP contribution in [0.1, 0.15) is 25.0 Å². The summed E-state index contributed by atoms with van der Waals surface area (Å²) in [7, 11) is 0. The van der Waals surface area contributed by atoms with E-state index in [-0.39, 0.29) is 5.41 Å². The molecule has 0 atom stereocenters. The van der Waals surface area contributed by atoms with Gasteiger partial charge in [0.2, 0.25) is 0 Å². The lowest BCUT2D eigenvalue weighted by Gasteiger charge is -2.32. The standard InChI is InChI=1S/C41H29NS/c1-41(2)35-16-8-6-13-30(35)32-15-10-17-36(39(32)41)42(28-11-4-3-5-12-28)29-23-21-26-19-20-27-22-24-33-31-14-7-9-18-37(31)43-40(33)38(27)34(26)25-29/h3-25H,1-2H3. The average molecular weight is 568 g/mol. The van der Waals surface area contributed by atoms with Gasteiger partial charge in [0, 0.05) is 42.3 Å². The number of hydrogen-bond acceptors (Lipinski definition) is 2. The SMILES string of the molecule is CC1(C)c2ccccc2-c2cccc(N(c3ccccc3)c3ccc4ccc5ccc6c7ccccc7sc6c5c4c3)c21. The maximum atomic E-state index is 2.47. The predicted molar refractivity (Wildman–Crippen MR) is 187 cm³/mol. The fraction of sp³-hybridized carbons (Fsp3) is 0.0732. The minimum atomic E-state index is -0.123. The molecular weight excluding hydrogens is 539 g/mol. The van der Waals surface area contributed by atoms with Crippen molar-refractivity contribution in [1.29, 1.82) is 0 Å². The summed E-state index contributed by atoms with van der Waals surface area (Å²) < 4.78 is 2.70. The highest BCUT2D eigenvalue weighted by Gasteiger charge is 2.38. The maximum absolute atomic E-state index is 2.47. The molecule has 0 N–H and O–H groups in total. The minimum Gasteiger partial charge on any atom is -0.310 e. The van der Waals surface area contributed by atoms with E-state index in [4.69, 9.17) is 0 Å². The van der Waals surface area contributed by atoms with E-state index >= 15 is 0 Å². The lowest BCUT2D eigenvalue weighted by molar-refractivity contribution is 0.661. The van der Waals surface area contributed by atoms with Gasteiger partial charge in [0.25, 0.3) is 0 Å². The third kappa shape index (κ3) is 3.51. The van der Waals surface area contributed by atoms with Crippen molar-refractivity contribution in [2.24, 2.45) is 0 Å². The van der Waals surface area contributed by atoms with Gasteiger partial charge in [-0.1, -0.05) is 117 Å².